The lowest BCUT2D eigenvalue weighted by molar-refractivity contribution is -0.135. The van der Waals surface area contributed by atoms with Gasteiger partial charge in [0.05, 0.1) is 50.9 Å². The van der Waals surface area contributed by atoms with Crippen LogP contribution in [0, 0.1) is 0 Å². The molecule has 5 atom stereocenters. The molecule has 0 fully saturated rings. The first kappa shape index (κ1) is 64.3. The van der Waals surface area contributed by atoms with Crippen LogP contribution in [0.3, 0.4) is 0 Å². The van der Waals surface area contributed by atoms with Crippen molar-refractivity contribution in [2.75, 3.05) is 19.6 Å². The zero-order valence-electron chi connectivity index (χ0n) is 53.8. The van der Waals surface area contributed by atoms with E-state index in [0.29, 0.717) is 43.9 Å². The summed E-state index contributed by atoms with van der Waals surface area (Å²) in [6.45, 7) is 30.6. The Morgan fingerprint density at radius 1 is 0.312 bits per heavy atom. The highest BCUT2D eigenvalue weighted by atomic mass is 31.0. The number of carbonyl (C=O) groups is 4. The molecule has 6 aromatic heterocycles. The van der Waals surface area contributed by atoms with Crippen LogP contribution >= 0.6 is 28.2 Å². The van der Waals surface area contributed by atoms with Crippen LogP contribution in [0.15, 0.2) is 259 Å². The summed E-state index contributed by atoms with van der Waals surface area (Å²) in [5.41, 5.74) is 16.6. The molecule has 3 aliphatic heterocycles. The lowest BCUT2D eigenvalue weighted by atomic mass is 9.93. The van der Waals surface area contributed by atoms with Gasteiger partial charge in [-0.15, -0.1) is 39.5 Å². The van der Waals surface area contributed by atoms with Gasteiger partial charge in [-0.1, -0.05) is 146 Å². The molecule has 13 nitrogen and oxygen atoms in total. The first-order valence-electron chi connectivity index (χ1n) is 31.9. The highest BCUT2D eigenvalue weighted by Crippen LogP contribution is 2.48. The second-order valence-corrected chi connectivity index (χ2v) is 25.8. The van der Waals surface area contributed by atoms with Crippen LogP contribution in [0.5, 0.6) is 0 Å². The van der Waals surface area contributed by atoms with Gasteiger partial charge in [-0.05, 0) is 89.6 Å². The topological polar surface area (TPSA) is 108 Å². The Labute approximate surface area is 565 Å². The SMILES string of the molecule is C=CCN1C(=O)C(c2cn(CC=C)c3ccccc23)=C(c2cn(P)c3ccccc23)C1C.C=CCN1C(=O)C(c2cn(P)c3ccccc23)=C(c2cn(CC=C)c3ccccc23)C1=O.C=CCN1C(=O)C(c2cn(P)c3ccccc23)=C(c2cn(CC=C)c3ccccc23)C1C. The van der Waals surface area contributed by atoms with Gasteiger partial charge in [0.15, 0.2) is 0 Å². The van der Waals surface area contributed by atoms with Crippen molar-refractivity contribution >= 4 is 151 Å². The molecule has 4 amide bonds. The highest BCUT2D eigenvalue weighted by molar-refractivity contribution is 7.15. The molecular weight excluding hydrogens is 1240 g/mol. The minimum absolute atomic E-state index is 0.0503. The third-order valence-electron chi connectivity index (χ3n) is 18.6. The van der Waals surface area contributed by atoms with Gasteiger partial charge in [-0.25, -0.2) is 0 Å². The van der Waals surface area contributed by atoms with E-state index in [4.69, 9.17) is 0 Å². The van der Waals surface area contributed by atoms with E-state index in [1.807, 2.05) is 128 Å². The molecule has 6 aromatic carbocycles. The maximum atomic E-state index is 13.8. The molecule has 12 aromatic rings. The zero-order valence-corrected chi connectivity index (χ0v) is 57.3. The average Bonchev–Trinajstić information content (AvgIpc) is 1.59. The van der Waals surface area contributed by atoms with Crippen molar-refractivity contribution in [2.24, 2.45) is 0 Å². The van der Waals surface area contributed by atoms with Gasteiger partial charge in [0.25, 0.3) is 23.6 Å². The number of amides is 4. The average molecular weight is 1320 g/mol. The molecule has 9 heterocycles. The normalized spacial score (nSPS) is 15.7. The van der Waals surface area contributed by atoms with E-state index < -0.39 is 0 Å². The molecule has 0 saturated carbocycles. The number of aromatic nitrogens is 6. The summed E-state index contributed by atoms with van der Waals surface area (Å²) in [4.78, 5) is 59.9. The van der Waals surface area contributed by atoms with E-state index in [1.165, 1.54) is 4.90 Å². The molecule has 5 unspecified atom stereocenters. The maximum Gasteiger partial charge on any atom is 0.262 e. The fourth-order valence-corrected chi connectivity index (χ4v) is 15.5. The van der Waals surface area contributed by atoms with Crippen LogP contribution in [-0.4, -0.2) is 96.8 Å². The molecule has 15 rings (SSSR count). The van der Waals surface area contributed by atoms with Crippen LogP contribution in [0.25, 0.3) is 98.9 Å². The molecule has 0 radical (unpaired) electrons. The summed E-state index contributed by atoms with van der Waals surface area (Å²) in [6.07, 6.45) is 23.1. The van der Waals surface area contributed by atoms with Crippen LogP contribution in [0.4, 0.5) is 0 Å². The minimum Gasteiger partial charge on any atom is -0.343 e. The van der Waals surface area contributed by atoms with Gasteiger partial charge in [-0.2, -0.15) is 0 Å². The zero-order chi connectivity index (χ0) is 67.2. The minimum atomic E-state index is -0.299. The van der Waals surface area contributed by atoms with Gasteiger partial charge in [0.1, 0.15) is 0 Å². The van der Waals surface area contributed by atoms with E-state index >= 15 is 0 Å². The molecule has 3 aliphatic rings. The van der Waals surface area contributed by atoms with Crippen LogP contribution in [0.2, 0.25) is 0 Å². The smallest absolute Gasteiger partial charge is 0.262 e. The number of fused-ring (bicyclic) bond motifs is 6. The van der Waals surface area contributed by atoms with Crippen molar-refractivity contribution in [1.29, 1.82) is 0 Å². The molecule has 0 spiro atoms. The van der Waals surface area contributed by atoms with Crippen molar-refractivity contribution in [3.63, 3.8) is 0 Å². The summed E-state index contributed by atoms with van der Waals surface area (Å²) < 4.78 is 12.4. The monoisotopic (exact) mass is 1320 g/mol. The van der Waals surface area contributed by atoms with Gasteiger partial charge < -0.3 is 36.5 Å². The number of hydrogen-bond donors (Lipinski definition) is 0. The first-order chi connectivity index (χ1) is 46.7. The lowest BCUT2D eigenvalue weighted by Crippen LogP contribution is -2.33. The number of para-hydroxylation sites is 6. The van der Waals surface area contributed by atoms with Gasteiger partial charge >= 0.3 is 0 Å². The van der Waals surface area contributed by atoms with E-state index in [0.717, 1.165) is 121 Å². The van der Waals surface area contributed by atoms with Gasteiger partial charge in [0, 0.05) is 159 Å². The van der Waals surface area contributed by atoms with Crippen molar-refractivity contribution in [3.8, 4) is 0 Å². The predicted molar refractivity (Wildman–Crippen MR) is 408 cm³/mol. The van der Waals surface area contributed by atoms with E-state index in [2.05, 4.69) is 191 Å². The summed E-state index contributed by atoms with van der Waals surface area (Å²) in [5, 5.41) is 6.30. The Hall–Kier alpha value is -10.4. The number of rotatable bonds is 18. The number of allylic oxidation sites excluding steroid dienone is 3. The highest BCUT2D eigenvalue weighted by Gasteiger charge is 2.43. The number of carbonyl (C=O) groups excluding carboxylic acids is 4. The summed E-state index contributed by atoms with van der Waals surface area (Å²) in [5.74, 6) is -0.498. The number of imide groups is 1. The molecule has 0 bridgehead atoms. The molecule has 96 heavy (non-hydrogen) atoms. The maximum absolute atomic E-state index is 13.8. The second-order valence-electron chi connectivity index (χ2n) is 24.1. The van der Waals surface area contributed by atoms with Crippen molar-refractivity contribution < 1.29 is 19.2 Å². The van der Waals surface area contributed by atoms with Crippen molar-refractivity contribution in [2.45, 2.75) is 45.6 Å². The Morgan fingerprint density at radius 2 is 0.562 bits per heavy atom. The third kappa shape index (κ3) is 10.8. The second kappa shape index (κ2) is 26.8. The van der Waals surface area contributed by atoms with E-state index in [1.54, 1.807) is 18.2 Å². The Balaban J connectivity index is 0.000000130. The molecule has 478 valence electrons. The Kier molecular flexibility index (Phi) is 17.9. The van der Waals surface area contributed by atoms with Gasteiger partial charge in [-0.3, -0.25) is 24.1 Å². The molecule has 0 aliphatic carbocycles. The van der Waals surface area contributed by atoms with Crippen molar-refractivity contribution in [1.82, 2.24) is 41.4 Å². The third-order valence-corrected chi connectivity index (χ3v) is 19.9. The fourth-order valence-electron chi connectivity index (χ4n) is 14.4. The summed E-state index contributed by atoms with van der Waals surface area (Å²) in [7, 11) is 8.16. The van der Waals surface area contributed by atoms with Crippen LogP contribution in [-0.2, 0) is 38.8 Å². The van der Waals surface area contributed by atoms with Gasteiger partial charge in [0.2, 0.25) is 0 Å². The van der Waals surface area contributed by atoms with Crippen LogP contribution in [0.1, 0.15) is 47.2 Å². The lowest BCUT2D eigenvalue weighted by Gasteiger charge is -2.22. The fraction of sp³-hybridized carbons (Fsp3) is 0.125. The Morgan fingerprint density at radius 3 is 0.917 bits per heavy atom. The predicted octanol–water partition coefficient (Wildman–Crippen LogP) is 16.4. The number of nitrogens with zero attached hydrogens (tertiary/aromatic N) is 9. The van der Waals surface area contributed by atoms with E-state index in [-0.39, 0.29) is 42.3 Å². The largest absolute Gasteiger partial charge is 0.343 e. The van der Waals surface area contributed by atoms with Crippen molar-refractivity contribution in [3.05, 3.63) is 292 Å². The molecule has 16 heteroatoms. The molecule has 0 N–H and O–H groups in total. The standard InChI is InChI=1S/2C27H26N3OP.C26H22N3O2P/c1-4-14-28-16-21(19-10-6-8-12-23(19)28)26-25(18(3)29(15-5-2)27(26)31)22-17-30(32)24-13-9-7-11-20(22)24;1-4-14-28-16-21(19-10-6-8-12-23(19)28)25-18(3)29(15-5-2)27(31)26(25)22-17-30(32)24-13-9-7-11-20(22)24;1-3-13-27-15-19(17-9-5-7-11-21(17)27)23-24(26(31)28(14-4-2)25(23)30)20-16-29(32)22-12-8-6-10-18(20)22/h2*4-13,16-18H,1-2,14-15,32H2,3H3;3-12,15-16H,1-2,13-14,32H2. The summed E-state index contributed by atoms with van der Waals surface area (Å²) in [6, 6.07) is 48.8. The quantitative estimate of drug-likeness (QED) is 0.0484. The summed E-state index contributed by atoms with van der Waals surface area (Å²) >= 11 is 0. The van der Waals surface area contributed by atoms with E-state index in [9.17, 15) is 19.2 Å². The van der Waals surface area contributed by atoms with Crippen LogP contribution < -0.4 is 0 Å². The number of hydrogen-bond acceptors (Lipinski definition) is 4. The first-order valence-corrected chi connectivity index (χ1v) is 33.4. The molecular formula is C80H74N9O4P3. The number of benzene rings is 6. The molecule has 0 saturated heterocycles. The Bertz CT molecular complexity index is 5350.